The second kappa shape index (κ2) is 13.9. The Morgan fingerprint density at radius 1 is 0.872 bits per heavy atom. The Labute approximate surface area is 240 Å². The second-order valence-corrected chi connectivity index (χ2v) is 13.3. The van der Waals surface area contributed by atoms with E-state index in [2.05, 4.69) is 19.0 Å². The Hall–Kier alpha value is -2.26. The lowest BCUT2D eigenvalue weighted by molar-refractivity contribution is -0.140. The van der Waals surface area contributed by atoms with Gasteiger partial charge in [0.15, 0.2) is 0 Å². The van der Waals surface area contributed by atoms with Gasteiger partial charge in [-0.3, -0.25) is 9.59 Å². The van der Waals surface area contributed by atoms with Crippen molar-refractivity contribution in [1.29, 1.82) is 0 Å². The van der Waals surface area contributed by atoms with Crippen LogP contribution in [0.4, 0.5) is 0 Å². The predicted octanol–water partition coefficient (Wildman–Crippen LogP) is 8.30. The number of hydrogen-bond acceptors (Lipinski definition) is 9. The highest BCUT2D eigenvalue weighted by molar-refractivity contribution is 8.25. The molecule has 0 radical (unpaired) electrons. The number of unbranched alkanes of at least 4 members (excludes halogenated alkanes) is 2. The summed E-state index contributed by atoms with van der Waals surface area (Å²) in [7, 11) is 0. The maximum Gasteiger partial charge on any atom is 0.369 e. The van der Waals surface area contributed by atoms with E-state index in [1.165, 1.54) is 23.5 Å². The summed E-state index contributed by atoms with van der Waals surface area (Å²) < 4.78 is 12.5. The number of hydrogen-bond donors (Lipinski definition) is 0. The van der Waals surface area contributed by atoms with Gasteiger partial charge >= 0.3 is 17.9 Å². The van der Waals surface area contributed by atoms with E-state index in [4.69, 9.17) is 14.3 Å². The molecule has 1 aromatic carbocycles. The molecule has 0 aromatic heterocycles. The summed E-state index contributed by atoms with van der Waals surface area (Å²) >= 11 is 2.65. The fourth-order valence-electron chi connectivity index (χ4n) is 4.42. The zero-order valence-electron chi connectivity index (χ0n) is 24.2. The molecule has 2 atom stereocenters. The van der Waals surface area contributed by atoms with Gasteiger partial charge in [-0.25, -0.2) is 4.79 Å². The van der Waals surface area contributed by atoms with E-state index in [1.807, 2.05) is 34.6 Å². The number of nitrogens with zero attached hydrogens (tertiary/aromatic N) is 1. The highest BCUT2D eigenvalue weighted by atomic mass is 32.2. The Balaban J connectivity index is 2.00. The van der Waals surface area contributed by atoms with Gasteiger partial charge in [-0.05, 0) is 37.8 Å². The summed E-state index contributed by atoms with van der Waals surface area (Å²) in [5, 5.41) is 4.06. The van der Waals surface area contributed by atoms with Gasteiger partial charge in [0.2, 0.25) is 0 Å². The van der Waals surface area contributed by atoms with Crippen LogP contribution in [-0.2, 0) is 19.2 Å². The van der Waals surface area contributed by atoms with Crippen molar-refractivity contribution in [3.8, 4) is 11.5 Å². The first-order chi connectivity index (χ1) is 18.5. The Kier molecular flexibility index (Phi) is 11.1. The van der Waals surface area contributed by atoms with Gasteiger partial charge in [-0.2, -0.15) is 0 Å². The predicted molar refractivity (Wildman–Crippen MR) is 156 cm³/mol. The van der Waals surface area contributed by atoms with E-state index < -0.39 is 11.4 Å². The largest absolute Gasteiger partial charge is 0.425 e. The van der Waals surface area contributed by atoms with Crippen molar-refractivity contribution in [3.63, 3.8) is 0 Å². The van der Waals surface area contributed by atoms with Gasteiger partial charge in [0.05, 0.1) is 25.9 Å². The molecular formula is C30H41NO6S2. The topological polar surface area (TPSA) is 91.3 Å². The van der Waals surface area contributed by atoms with Crippen LogP contribution >= 0.6 is 23.5 Å². The van der Waals surface area contributed by atoms with Crippen LogP contribution in [0.3, 0.4) is 0 Å². The average molecular weight is 576 g/mol. The van der Waals surface area contributed by atoms with E-state index >= 15 is 0 Å². The maximum absolute atomic E-state index is 13.1. The quantitative estimate of drug-likeness (QED) is 0.106. The molecule has 2 aliphatic heterocycles. The lowest BCUT2D eigenvalue weighted by atomic mass is 9.86. The van der Waals surface area contributed by atoms with Crippen molar-refractivity contribution < 1.29 is 28.7 Å². The van der Waals surface area contributed by atoms with E-state index in [0.29, 0.717) is 49.7 Å². The van der Waals surface area contributed by atoms with Gasteiger partial charge < -0.3 is 14.3 Å². The minimum atomic E-state index is -0.518. The number of thioether (sulfide) groups is 2. The molecule has 0 saturated carbocycles. The molecule has 0 N–H and O–H groups in total. The molecule has 2 aliphatic rings. The summed E-state index contributed by atoms with van der Waals surface area (Å²) in [6.45, 7) is 14.1. The number of oxime groups is 1. The highest BCUT2D eigenvalue weighted by Gasteiger charge is 2.40. The zero-order valence-corrected chi connectivity index (χ0v) is 25.8. The molecule has 0 saturated heterocycles. The zero-order chi connectivity index (χ0) is 28.7. The van der Waals surface area contributed by atoms with Crippen LogP contribution in [0.2, 0.25) is 0 Å². The van der Waals surface area contributed by atoms with Crippen LogP contribution in [-0.4, -0.2) is 23.6 Å². The van der Waals surface area contributed by atoms with Crippen LogP contribution in [0.15, 0.2) is 36.9 Å². The lowest BCUT2D eigenvalue weighted by Crippen LogP contribution is -2.22. The van der Waals surface area contributed by atoms with Crippen LogP contribution in [0.1, 0.15) is 99.8 Å². The van der Waals surface area contributed by atoms with Gasteiger partial charge in [0, 0.05) is 5.41 Å². The van der Waals surface area contributed by atoms with Crippen LogP contribution in [0, 0.1) is 17.3 Å². The monoisotopic (exact) mass is 575 g/mol. The van der Waals surface area contributed by atoms with E-state index in [1.54, 1.807) is 12.1 Å². The fraction of sp³-hybridized carbons (Fsp3) is 0.600. The number of carbonyl (C=O) groups is 3. The normalized spacial score (nSPS) is 16.5. The Morgan fingerprint density at radius 2 is 1.33 bits per heavy atom. The molecule has 2 heterocycles. The second-order valence-electron chi connectivity index (χ2n) is 11.0. The molecule has 0 spiro atoms. The fourth-order valence-corrected chi connectivity index (χ4v) is 7.08. The average Bonchev–Trinajstić information content (AvgIpc) is 3.50. The first-order valence-electron chi connectivity index (χ1n) is 14.1. The molecule has 7 nitrogen and oxygen atoms in total. The Morgan fingerprint density at radius 3 is 1.72 bits per heavy atom. The third kappa shape index (κ3) is 7.48. The van der Waals surface area contributed by atoms with E-state index in [0.717, 1.165) is 38.5 Å². The maximum atomic E-state index is 13.1. The van der Waals surface area contributed by atoms with Crippen molar-refractivity contribution in [2.24, 2.45) is 22.4 Å². The number of esters is 2. The molecule has 2 unspecified atom stereocenters. The SMILES string of the molecule is CCCCC(CC)C(=O)Oc1ccc(OC(=O)C(CC)CCCC)c2c1SC(=C1C(=O)ON=C1C(C)(C)C)S2. The van der Waals surface area contributed by atoms with Gasteiger partial charge in [0.1, 0.15) is 22.8 Å². The van der Waals surface area contributed by atoms with Crippen molar-refractivity contribution in [2.45, 2.75) is 110 Å². The van der Waals surface area contributed by atoms with Gasteiger partial charge in [-0.15, -0.1) is 0 Å². The van der Waals surface area contributed by atoms with Crippen LogP contribution in [0.25, 0.3) is 0 Å². The third-order valence-corrected chi connectivity index (χ3v) is 9.52. The molecular weight excluding hydrogens is 534 g/mol. The molecule has 214 valence electrons. The molecule has 3 rings (SSSR count). The van der Waals surface area contributed by atoms with Crippen molar-refractivity contribution in [2.75, 3.05) is 0 Å². The highest BCUT2D eigenvalue weighted by Crippen LogP contribution is 2.60. The Bertz CT molecular complexity index is 1090. The minimum Gasteiger partial charge on any atom is -0.425 e. The smallest absolute Gasteiger partial charge is 0.369 e. The molecule has 39 heavy (non-hydrogen) atoms. The standard InChI is InChI=1S/C30H41NO6S2/c1-8-12-14-18(10-3)26(32)35-20-16-17-21(36-27(33)19(11-4)15-13-9-2)24-23(20)38-29(39-24)22-25(30(5,6)7)31-37-28(22)34/h16-19H,8-15H2,1-7H3. The van der Waals surface area contributed by atoms with Crippen LogP contribution < -0.4 is 9.47 Å². The molecule has 0 amide bonds. The molecule has 0 fully saturated rings. The summed E-state index contributed by atoms with van der Waals surface area (Å²) in [6.07, 6.45) is 6.86. The molecule has 0 aliphatic carbocycles. The number of rotatable bonds is 12. The minimum absolute atomic E-state index is 0.191. The summed E-state index contributed by atoms with van der Waals surface area (Å²) in [4.78, 5) is 45.3. The number of benzene rings is 1. The first kappa shape index (κ1) is 31.3. The molecule has 9 heteroatoms. The van der Waals surface area contributed by atoms with Crippen LogP contribution in [0.5, 0.6) is 11.5 Å². The van der Waals surface area contributed by atoms with Crippen molar-refractivity contribution in [3.05, 3.63) is 21.9 Å². The number of carbonyl (C=O) groups excluding carboxylic acids is 3. The first-order valence-corrected chi connectivity index (χ1v) is 15.7. The molecule has 0 bridgehead atoms. The van der Waals surface area contributed by atoms with Crippen molar-refractivity contribution in [1.82, 2.24) is 0 Å². The summed E-state index contributed by atoms with van der Waals surface area (Å²) in [6, 6.07) is 3.37. The lowest BCUT2D eigenvalue weighted by Gasteiger charge is -2.17. The number of fused-ring (bicyclic) bond motifs is 1. The summed E-state index contributed by atoms with van der Waals surface area (Å²) in [5.74, 6) is -0.643. The van der Waals surface area contributed by atoms with Crippen molar-refractivity contribution >= 4 is 47.1 Å². The van der Waals surface area contributed by atoms with Gasteiger partial charge in [-0.1, -0.05) is 103 Å². The van der Waals surface area contributed by atoms with E-state index in [9.17, 15) is 14.4 Å². The molecule has 1 aromatic rings. The van der Waals surface area contributed by atoms with E-state index in [-0.39, 0.29) is 23.8 Å². The summed E-state index contributed by atoms with van der Waals surface area (Å²) in [5.41, 5.74) is 0.534. The third-order valence-electron chi connectivity index (χ3n) is 6.89. The van der Waals surface area contributed by atoms with Gasteiger partial charge in [0.25, 0.3) is 0 Å². The number of ether oxygens (including phenoxy) is 2.